The number of hydrogen-bond acceptors (Lipinski definition) is 3. The fourth-order valence-corrected chi connectivity index (χ4v) is 3.11. The second-order valence-corrected chi connectivity index (χ2v) is 6.35. The predicted molar refractivity (Wildman–Crippen MR) is 91.7 cm³/mol. The highest BCUT2D eigenvalue weighted by molar-refractivity contribution is 9.10. The zero-order valence-electron chi connectivity index (χ0n) is 12.6. The molecule has 2 atom stereocenters. The molecule has 2 aromatic rings. The summed E-state index contributed by atoms with van der Waals surface area (Å²) in [5.74, 6) is 3.02. The van der Waals surface area contributed by atoms with Gasteiger partial charge in [-0.2, -0.15) is 0 Å². The molecule has 116 valence electrons. The third kappa shape index (κ3) is 3.11. The standard InChI is InChI=1S/C19H15BrO3/c1-3-10-22-15-8-9-16-12(2)18(19(21)23-17(16)11-15)13-4-6-14(20)7-5-13/h1,4-9,11-12,18H,10H2,2H3. The second-order valence-electron chi connectivity index (χ2n) is 5.43. The van der Waals surface area contributed by atoms with Crippen LogP contribution in [-0.2, 0) is 4.79 Å². The molecule has 2 aromatic carbocycles. The molecule has 0 saturated carbocycles. The van der Waals surface area contributed by atoms with E-state index in [0.717, 1.165) is 15.6 Å². The molecule has 1 heterocycles. The molecule has 3 nitrogen and oxygen atoms in total. The van der Waals surface area contributed by atoms with Gasteiger partial charge < -0.3 is 9.47 Å². The largest absolute Gasteiger partial charge is 0.481 e. The van der Waals surface area contributed by atoms with Crippen LogP contribution < -0.4 is 9.47 Å². The van der Waals surface area contributed by atoms with Gasteiger partial charge in [-0.3, -0.25) is 4.79 Å². The highest BCUT2D eigenvalue weighted by Gasteiger charge is 2.36. The number of esters is 1. The Balaban J connectivity index is 1.93. The van der Waals surface area contributed by atoms with Crippen LogP contribution in [0.2, 0.25) is 0 Å². The lowest BCUT2D eigenvalue weighted by atomic mass is 9.80. The predicted octanol–water partition coefficient (Wildman–Crippen LogP) is 4.27. The molecule has 23 heavy (non-hydrogen) atoms. The summed E-state index contributed by atoms with van der Waals surface area (Å²) < 4.78 is 11.9. The fraction of sp³-hybridized carbons (Fsp3) is 0.211. The molecule has 0 bridgehead atoms. The van der Waals surface area contributed by atoms with Crippen LogP contribution in [0, 0.1) is 12.3 Å². The van der Waals surface area contributed by atoms with Gasteiger partial charge in [-0.25, -0.2) is 0 Å². The average molecular weight is 371 g/mol. The van der Waals surface area contributed by atoms with E-state index in [-0.39, 0.29) is 24.4 Å². The maximum atomic E-state index is 12.5. The quantitative estimate of drug-likeness (QED) is 0.459. The maximum absolute atomic E-state index is 12.5. The highest BCUT2D eigenvalue weighted by Crippen LogP contribution is 2.43. The van der Waals surface area contributed by atoms with Crippen molar-refractivity contribution in [2.24, 2.45) is 0 Å². The van der Waals surface area contributed by atoms with Gasteiger partial charge in [0.2, 0.25) is 0 Å². The van der Waals surface area contributed by atoms with E-state index in [1.807, 2.05) is 43.3 Å². The van der Waals surface area contributed by atoms with E-state index in [0.29, 0.717) is 11.5 Å². The molecule has 0 aliphatic carbocycles. The third-order valence-electron chi connectivity index (χ3n) is 3.99. The molecule has 3 rings (SSSR count). The topological polar surface area (TPSA) is 35.5 Å². The first-order valence-electron chi connectivity index (χ1n) is 7.27. The van der Waals surface area contributed by atoms with Crippen LogP contribution in [-0.4, -0.2) is 12.6 Å². The number of fused-ring (bicyclic) bond motifs is 1. The lowest BCUT2D eigenvalue weighted by Gasteiger charge is -2.30. The van der Waals surface area contributed by atoms with E-state index < -0.39 is 0 Å². The average Bonchev–Trinajstić information content (AvgIpc) is 2.54. The van der Waals surface area contributed by atoms with Gasteiger partial charge in [0, 0.05) is 16.5 Å². The van der Waals surface area contributed by atoms with Crippen molar-refractivity contribution in [1.82, 2.24) is 0 Å². The summed E-state index contributed by atoms with van der Waals surface area (Å²) in [7, 11) is 0. The first kappa shape index (κ1) is 15.6. The summed E-state index contributed by atoms with van der Waals surface area (Å²) in [6.45, 7) is 2.22. The summed E-state index contributed by atoms with van der Waals surface area (Å²) in [4.78, 5) is 12.5. The van der Waals surface area contributed by atoms with Crippen molar-refractivity contribution in [2.75, 3.05) is 6.61 Å². The Kier molecular flexibility index (Phi) is 4.40. The van der Waals surface area contributed by atoms with Crippen molar-refractivity contribution >= 4 is 21.9 Å². The van der Waals surface area contributed by atoms with E-state index in [1.165, 1.54) is 0 Å². The van der Waals surface area contributed by atoms with Gasteiger partial charge in [-0.1, -0.05) is 47.0 Å². The number of carbonyl (C=O) groups excluding carboxylic acids is 1. The molecule has 0 N–H and O–H groups in total. The smallest absolute Gasteiger partial charge is 0.319 e. The molecule has 0 radical (unpaired) electrons. The van der Waals surface area contributed by atoms with E-state index in [2.05, 4.69) is 21.9 Å². The Labute approximate surface area is 143 Å². The number of terminal acetylenes is 1. The second kappa shape index (κ2) is 6.47. The molecule has 0 amide bonds. The number of carbonyl (C=O) groups is 1. The highest BCUT2D eigenvalue weighted by atomic mass is 79.9. The van der Waals surface area contributed by atoms with Crippen LogP contribution >= 0.6 is 15.9 Å². The molecule has 0 saturated heterocycles. The van der Waals surface area contributed by atoms with Crippen LogP contribution in [0.3, 0.4) is 0 Å². The van der Waals surface area contributed by atoms with E-state index >= 15 is 0 Å². The lowest BCUT2D eigenvalue weighted by Crippen LogP contribution is -2.28. The van der Waals surface area contributed by atoms with Crippen LogP contribution in [0.5, 0.6) is 11.5 Å². The van der Waals surface area contributed by atoms with Gasteiger partial charge in [0.05, 0.1) is 5.92 Å². The third-order valence-corrected chi connectivity index (χ3v) is 4.52. The van der Waals surface area contributed by atoms with E-state index in [9.17, 15) is 4.79 Å². The minimum absolute atomic E-state index is 0.0223. The Morgan fingerprint density at radius 2 is 2.00 bits per heavy atom. The lowest BCUT2D eigenvalue weighted by molar-refractivity contribution is -0.137. The van der Waals surface area contributed by atoms with Gasteiger partial charge in [0.25, 0.3) is 0 Å². The van der Waals surface area contributed by atoms with Crippen molar-refractivity contribution in [3.05, 3.63) is 58.1 Å². The Morgan fingerprint density at radius 3 is 2.70 bits per heavy atom. The van der Waals surface area contributed by atoms with Crippen molar-refractivity contribution in [1.29, 1.82) is 0 Å². The van der Waals surface area contributed by atoms with Gasteiger partial charge in [0.15, 0.2) is 0 Å². The number of halogens is 1. The van der Waals surface area contributed by atoms with E-state index in [1.54, 1.807) is 6.07 Å². The molecular weight excluding hydrogens is 356 g/mol. The van der Waals surface area contributed by atoms with Crippen LogP contribution in [0.15, 0.2) is 46.9 Å². The van der Waals surface area contributed by atoms with Gasteiger partial charge >= 0.3 is 5.97 Å². The van der Waals surface area contributed by atoms with Crippen molar-refractivity contribution in [2.45, 2.75) is 18.8 Å². The molecule has 1 aliphatic heterocycles. The first-order chi connectivity index (χ1) is 11.1. The molecule has 1 aliphatic rings. The summed E-state index contributed by atoms with van der Waals surface area (Å²) in [6.07, 6.45) is 5.19. The van der Waals surface area contributed by atoms with Crippen LogP contribution in [0.25, 0.3) is 0 Å². The molecule has 4 heteroatoms. The molecule has 0 aromatic heterocycles. The van der Waals surface area contributed by atoms with Gasteiger partial charge in [-0.15, -0.1) is 6.42 Å². The Morgan fingerprint density at radius 1 is 1.26 bits per heavy atom. The zero-order chi connectivity index (χ0) is 16.4. The summed E-state index contributed by atoms with van der Waals surface area (Å²) in [6, 6.07) is 13.3. The zero-order valence-corrected chi connectivity index (χ0v) is 14.2. The van der Waals surface area contributed by atoms with Gasteiger partial charge in [0.1, 0.15) is 18.1 Å². The molecule has 2 unspecified atom stereocenters. The summed E-state index contributed by atoms with van der Waals surface area (Å²) in [5.41, 5.74) is 1.94. The number of rotatable bonds is 3. The maximum Gasteiger partial charge on any atom is 0.319 e. The summed E-state index contributed by atoms with van der Waals surface area (Å²) in [5, 5.41) is 0. The van der Waals surface area contributed by atoms with E-state index in [4.69, 9.17) is 15.9 Å². The molecule has 0 spiro atoms. The monoisotopic (exact) mass is 370 g/mol. The SMILES string of the molecule is C#CCOc1ccc2c(c1)OC(=O)C(c1ccc(Br)cc1)C2C. The number of ether oxygens (including phenoxy) is 2. The van der Waals surface area contributed by atoms with Crippen molar-refractivity contribution < 1.29 is 14.3 Å². The van der Waals surface area contributed by atoms with Crippen LogP contribution in [0.4, 0.5) is 0 Å². The van der Waals surface area contributed by atoms with Crippen LogP contribution in [0.1, 0.15) is 29.9 Å². The minimum atomic E-state index is -0.312. The summed E-state index contributed by atoms with van der Waals surface area (Å²) >= 11 is 3.41. The normalized spacial score (nSPS) is 19.4. The van der Waals surface area contributed by atoms with Gasteiger partial charge in [-0.05, 0) is 29.3 Å². The number of hydrogen-bond donors (Lipinski definition) is 0. The fourth-order valence-electron chi connectivity index (χ4n) is 2.84. The molecule has 0 fully saturated rings. The van der Waals surface area contributed by atoms with Crippen molar-refractivity contribution in [3.63, 3.8) is 0 Å². The Bertz CT molecular complexity index is 774. The van der Waals surface area contributed by atoms with Crippen molar-refractivity contribution in [3.8, 4) is 23.8 Å². The molecular formula is C19H15BrO3. The minimum Gasteiger partial charge on any atom is -0.481 e. The Hall–Kier alpha value is -2.25. The first-order valence-corrected chi connectivity index (χ1v) is 8.07. The number of benzene rings is 2.